The largest absolute Gasteiger partial charge is 0.550 e. The molecular weight excluding hydrogens is 404 g/mol. The van der Waals surface area contributed by atoms with Gasteiger partial charge in [-0.05, 0) is 40.3 Å². The molecule has 0 spiro atoms. The second kappa shape index (κ2) is 9.36. The Balaban J connectivity index is 1.45. The van der Waals surface area contributed by atoms with Crippen LogP contribution in [0.5, 0.6) is 0 Å². The van der Waals surface area contributed by atoms with E-state index in [0.717, 1.165) is 22.3 Å². The van der Waals surface area contributed by atoms with Gasteiger partial charge in [0.05, 0.1) is 11.6 Å². The molecule has 0 bridgehead atoms. The van der Waals surface area contributed by atoms with Gasteiger partial charge in [0.2, 0.25) is 0 Å². The maximum atomic E-state index is 12.5. The third-order valence-corrected chi connectivity index (χ3v) is 5.68. The van der Waals surface area contributed by atoms with Crippen molar-refractivity contribution in [1.82, 2.24) is 5.32 Å². The summed E-state index contributed by atoms with van der Waals surface area (Å²) in [5, 5.41) is 23.1. The zero-order chi connectivity index (χ0) is 22.5. The Morgan fingerprint density at radius 2 is 1.56 bits per heavy atom. The smallest absolute Gasteiger partial charge is 0.407 e. The van der Waals surface area contributed by atoms with Gasteiger partial charge in [-0.2, -0.15) is 5.26 Å². The van der Waals surface area contributed by atoms with Gasteiger partial charge in [0.25, 0.3) is 0 Å². The molecule has 160 valence electrons. The molecule has 1 atom stereocenters. The van der Waals surface area contributed by atoms with Crippen molar-refractivity contribution in [3.63, 3.8) is 0 Å². The SMILES string of the molecule is N#Cc1ccccc1C[C@H](CC(=O)[O-])NC(=O)OCC1c2ccccc2-c2ccccc21. The van der Waals surface area contributed by atoms with Crippen molar-refractivity contribution >= 4 is 12.1 Å². The number of carboxylic acid groups (broad SMARTS) is 1. The van der Waals surface area contributed by atoms with Gasteiger partial charge in [-0.15, -0.1) is 0 Å². The minimum absolute atomic E-state index is 0.0907. The van der Waals surface area contributed by atoms with E-state index in [0.29, 0.717) is 11.1 Å². The Kier molecular flexibility index (Phi) is 6.18. The highest BCUT2D eigenvalue weighted by atomic mass is 16.5. The molecule has 0 heterocycles. The Hall–Kier alpha value is -4.11. The van der Waals surface area contributed by atoms with Crippen LogP contribution in [-0.2, 0) is 16.0 Å². The van der Waals surface area contributed by atoms with Crippen LogP contribution in [-0.4, -0.2) is 24.7 Å². The van der Waals surface area contributed by atoms with Crippen molar-refractivity contribution in [3.8, 4) is 17.2 Å². The van der Waals surface area contributed by atoms with E-state index in [-0.39, 0.29) is 25.4 Å². The lowest BCUT2D eigenvalue weighted by molar-refractivity contribution is -0.306. The summed E-state index contributed by atoms with van der Waals surface area (Å²) in [4.78, 5) is 23.8. The summed E-state index contributed by atoms with van der Waals surface area (Å²) in [6.07, 6.45) is -0.904. The number of hydrogen-bond acceptors (Lipinski definition) is 5. The second-order valence-electron chi connectivity index (χ2n) is 7.72. The zero-order valence-corrected chi connectivity index (χ0v) is 17.3. The minimum Gasteiger partial charge on any atom is -0.550 e. The number of nitrogens with zero attached hydrogens (tertiary/aromatic N) is 1. The number of fused-ring (bicyclic) bond motifs is 3. The summed E-state index contributed by atoms with van der Waals surface area (Å²) in [5.74, 6) is -1.38. The van der Waals surface area contributed by atoms with E-state index in [1.165, 1.54) is 0 Å². The van der Waals surface area contributed by atoms with E-state index in [4.69, 9.17) is 4.74 Å². The number of hydrogen-bond donors (Lipinski definition) is 1. The number of alkyl carbamates (subject to hydrolysis) is 1. The van der Waals surface area contributed by atoms with Crippen molar-refractivity contribution in [1.29, 1.82) is 5.26 Å². The number of carbonyl (C=O) groups is 2. The highest BCUT2D eigenvalue weighted by Gasteiger charge is 2.29. The molecule has 1 aliphatic carbocycles. The van der Waals surface area contributed by atoms with Crippen LogP contribution in [0.1, 0.15) is 34.6 Å². The first-order valence-corrected chi connectivity index (χ1v) is 10.4. The van der Waals surface area contributed by atoms with Crippen molar-refractivity contribution in [2.75, 3.05) is 6.61 Å². The highest BCUT2D eigenvalue weighted by Crippen LogP contribution is 2.44. The Morgan fingerprint density at radius 1 is 0.969 bits per heavy atom. The van der Waals surface area contributed by atoms with Crippen LogP contribution in [0, 0.1) is 11.3 Å². The van der Waals surface area contributed by atoms with Crippen LogP contribution in [0.4, 0.5) is 4.79 Å². The molecular formula is C26H21N2O4-. The van der Waals surface area contributed by atoms with Crippen molar-refractivity contribution in [2.45, 2.75) is 24.8 Å². The van der Waals surface area contributed by atoms with Gasteiger partial charge in [0.1, 0.15) is 6.61 Å². The van der Waals surface area contributed by atoms with E-state index >= 15 is 0 Å². The normalized spacial score (nSPS) is 12.8. The van der Waals surface area contributed by atoms with Gasteiger partial charge in [-0.3, -0.25) is 0 Å². The molecule has 3 aromatic carbocycles. The lowest BCUT2D eigenvalue weighted by Crippen LogP contribution is -2.41. The van der Waals surface area contributed by atoms with Crippen LogP contribution in [0.15, 0.2) is 72.8 Å². The standard InChI is InChI=1S/C26H22N2O4/c27-15-18-8-2-1-7-17(18)13-19(14-25(29)30)28-26(31)32-16-24-22-11-5-3-9-20(22)21-10-4-6-12-23(21)24/h1-12,19,24H,13-14,16H2,(H,28,31)(H,29,30)/p-1/t19-/m1/s1. The Morgan fingerprint density at radius 3 is 2.19 bits per heavy atom. The molecule has 0 fully saturated rings. The fraction of sp³-hybridized carbons (Fsp3) is 0.192. The number of carbonyl (C=O) groups excluding carboxylic acids is 2. The summed E-state index contributed by atoms with van der Waals surface area (Å²) >= 11 is 0. The summed E-state index contributed by atoms with van der Waals surface area (Å²) in [7, 11) is 0. The fourth-order valence-electron chi connectivity index (χ4n) is 4.25. The summed E-state index contributed by atoms with van der Waals surface area (Å²) in [5.41, 5.74) is 5.52. The van der Waals surface area contributed by atoms with Gasteiger partial charge in [-0.1, -0.05) is 66.7 Å². The molecule has 6 nitrogen and oxygen atoms in total. The molecule has 0 aromatic heterocycles. The quantitative estimate of drug-likeness (QED) is 0.627. The van der Waals surface area contributed by atoms with Crippen molar-refractivity contribution in [3.05, 3.63) is 95.1 Å². The van der Waals surface area contributed by atoms with Gasteiger partial charge in [0.15, 0.2) is 0 Å². The molecule has 0 saturated carbocycles. The third-order valence-electron chi connectivity index (χ3n) is 5.68. The lowest BCUT2D eigenvalue weighted by atomic mass is 9.98. The van der Waals surface area contributed by atoms with Gasteiger partial charge >= 0.3 is 6.09 Å². The van der Waals surface area contributed by atoms with Crippen LogP contribution in [0.2, 0.25) is 0 Å². The molecule has 0 aliphatic heterocycles. The second-order valence-corrected chi connectivity index (χ2v) is 7.72. The predicted molar refractivity (Wildman–Crippen MR) is 116 cm³/mol. The number of benzene rings is 3. The van der Waals surface area contributed by atoms with Crippen molar-refractivity contribution < 1.29 is 19.4 Å². The number of carboxylic acids is 1. The van der Waals surface area contributed by atoms with Crippen LogP contribution in [0.25, 0.3) is 11.1 Å². The van der Waals surface area contributed by atoms with Gasteiger partial charge in [-0.25, -0.2) is 4.79 Å². The first-order chi connectivity index (χ1) is 15.6. The highest BCUT2D eigenvalue weighted by molar-refractivity contribution is 5.79. The number of nitrogens with one attached hydrogen (secondary N) is 1. The third kappa shape index (κ3) is 4.47. The lowest BCUT2D eigenvalue weighted by Gasteiger charge is -2.21. The average Bonchev–Trinajstić information content (AvgIpc) is 3.11. The molecule has 1 amide bonds. The molecule has 6 heteroatoms. The monoisotopic (exact) mass is 425 g/mol. The van der Waals surface area contributed by atoms with E-state index in [9.17, 15) is 20.0 Å². The molecule has 32 heavy (non-hydrogen) atoms. The van der Waals surface area contributed by atoms with Gasteiger partial charge in [0, 0.05) is 24.3 Å². The molecule has 3 aromatic rings. The molecule has 1 N–H and O–H groups in total. The van der Waals surface area contributed by atoms with E-state index < -0.39 is 18.1 Å². The molecule has 1 aliphatic rings. The molecule has 0 radical (unpaired) electrons. The topological polar surface area (TPSA) is 102 Å². The number of amides is 1. The fourth-order valence-corrected chi connectivity index (χ4v) is 4.25. The van der Waals surface area contributed by atoms with Gasteiger partial charge < -0.3 is 20.0 Å². The van der Waals surface area contributed by atoms with Crippen LogP contribution < -0.4 is 10.4 Å². The average molecular weight is 425 g/mol. The Labute approximate surface area is 186 Å². The molecule has 4 rings (SSSR count). The minimum atomic E-state index is -1.29. The first-order valence-electron chi connectivity index (χ1n) is 10.4. The molecule has 0 unspecified atom stereocenters. The van der Waals surface area contributed by atoms with Crippen molar-refractivity contribution in [2.24, 2.45) is 0 Å². The number of ether oxygens (including phenoxy) is 1. The summed E-state index contributed by atoms with van der Waals surface area (Å²) < 4.78 is 5.52. The van der Waals surface area contributed by atoms with E-state index in [2.05, 4.69) is 23.5 Å². The first kappa shape index (κ1) is 21.1. The predicted octanol–water partition coefficient (Wildman–Crippen LogP) is 3.15. The maximum Gasteiger partial charge on any atom is 0.407 e. The summed E-state index contributed by atoms with van der Waals surface area (Å²) in [6.45, 7) is 0.132. The van der Waals surface area contributed by atoms with E-state index in [1.807, 2.05) is 36.4 Å². The molecule has 0 saturated heterocycles. The van der Waals surface area contributed by atoms with Crippen LogP contribution >= 0.6 is 0 Å². The van der Waals surface area contributed by atoms with E-state index in [1.54, 1.807) is 24.3 Å². The number of nitriles is 1. The van der Waals surface area contributed by atoms with Crippen LogP contribution in [0.3, 0.4) is 0 Å². The summed E-state index contributed by atoms with van der Waals surface area (Å²) in [6, 6.07) is 24.2. The number of aliphatic carboxylic acids is 1. The Bertz CT molecular complexity index is 1150. The maximum absolute atomic E-state index is 12.5. The zero-order valence-electron chi connectivity index (χ0n) is 17.3. The number of rotatable bonds is 7.